The third kappa shape index (κ3) is 2.55. The van der Waals surface area contributed by atoms with Gasteiger partial charge in [-0.1, -0.05) is 6.92 Å². The first-order chi connectivity index (χ1) is 14.5. The van der Waals surface area contributed by atoms with Crippen LogP contribution in [-0.2, 0) is 9.53 Å². The van der Waals surface area contributed by atoms with Crippen LogP contribution in [0, 0.1) is 28.6 Å². The molecule has 4 aliphatic carbocycles. The largest absolute Gasteiger partial charge is 0.458 e. The van der Waals surface area contributed by atoms with Crippen LogP contribution in [0.25, 0.3) is 0 Å². The molecule has 0 bridgehead atoms. The highest BCUT2D eigenvalue weighted by molar-refractivity contribution is 5.85. The molecule has 10 atom stereocenters. The summed E-state index contributed by atoms with van der Waals surface area (Å²) < 4.78 is 5.11. The minimum Gasteiger partial charge on any atom is -0.458 e. The molecule has 0 aromatic heterocycles. The number of fused-ring (bicyclic) bond motifs is 5. The quantitative estimate of drug-likeness (QED) is 0.320. The van der Waals surface area contributed by atoms with Crippen molar-refractivity contribution in [2.24, 2.45) is 28.6 Å². The third-order valence-electron chi connectivity index (χ3n) is 10.1. The van der Waals surface area contributed by atoms with Crippen molar-refractivity contribution in [3.63, 3.8) is 0 Å². The normalized spacial score (nSPS) is 56.4. The summed E-state index contributed by atoms with van der Waals surface area (Å²) in [5.74, 6) is -1.62. The smallest absolute Gasteiger partial charge is 0.331 e. The molecule has 0 radical (unpaired) electrons. The first kappa shape index (κ1) is 21.8. The van der Waals surface area contributed by atoms with Gasteiger partial charge in [0, 0.05) is 30.3 Å². The van der Waals surface area contributed by atoms with Crippen molar-refractivity contribution in [1.82, 2.24) is 0 Å². The van der Waals surface area contributed by atoms with Gasteiger partial charge in [-0.15, -0.1) is 0 Å². The highest BCUT2D eigenvalue weighted by atomic mass is 16.5. The number of esters is 1. The number of hydrogen-bond donors (Lipinski definition) is 6. The first-order valence-corrected chi connectivity index (χ1v) is 11.5. The van der Waals surface area contributed by atoms with Crippen LogP contribution < -0.4 is 0 Å². The van der Waals surface area contributed by atoms with Crippen LogP contribution in [0.4, 0.5) is 0 Å². The lowest BCUT2D eigenvalue weighted by Gasteiger charge is -2.68. The summed E-state index contributed by atoms with van der Waals surface area (Å²) in [6.07, 6.45) is 0.531. The average molecular weight is 439 g/mol. The Bertz CT molecular complexity index is 813. The van der Waals surface area contributed by atoms with Gasteiger partial charge in [0.2, 0.25) is 0 Å². The van der Waals surface area contributed by atoms with E-state index in [2.05, 4.69) is 0 Å². The molecule has 4 saturated carbocycles. The van der Waals surface area contributed by atoms with Gasteiger partial charge in [0.25, 0.3) is 0 Å². The van der Waals surface area contributed by atoms with E-state index in [4.69, 9.17) is 4.74 Å². The second kappa shape index (κ2) is 6.74. The van der Waals surface area contributed by atoms with E-state index >= 15 is 0 Å². The van der Waals surface area contributed by atoms with Crippen LogP contribution in [0.15, 0.2) is 11.6 Å². The molecule has 0 aromatic rings. The Morgan fingerprint density at radius 1 is 1.13 bits per heavy atom. The molecule has 1 heterocycles. The summed E-state index contributed by atoms with van der Waals surface area (Å²) in [7, 11) is 0. The molecule has 5 rings (SSSR count). The van der Waals surface area contributed by atoms with E-state index in [-0.39, 0.29) is 44.2 Å². The van der Waals surface area contributed by atoms with E-state index in [1.54, 1.807) is 0 Å². The fourth-order valence-corrected chi connectivity index (χ4v) is 8.69. The zero-order valence-corrected chi connectivity index (χ0v) is 17.9. The van der Waals surface area contributed by atoms with Crippen molar-refractivity contribution < 1.29 is 40.2 Å². The van der Waals surface area contributed by atoms with Crippen LogP contribution in [-0.4, -0.2) is 79.3 Å². The molecule has 0 saturated heterocycles. The molecule has 8 nitrogen and oxygen atoms in total. The van der Waals surface area contributed by atoms with E-state index in [1.165, 1.54) is 6.08 Å². The van der Waals surface area contributed by atoms with Gasteiger partial charge in [-0.3, -0.25) is 0 Å². The van der Waals surface area contributed by atoms with Crippen molar-refractivity contribution in [3.8, 4) is 0 Å². The Morgan fingerprint density at radius 3 is 2.52 bits per heavy atom. The number of carbonyl (C=O) groups is 1. The molecular formula is C23H34O8. The molecule has 174 valence electrons. The predicted octanol–water partition coefficient (Wildman–Crippen LogP) is -0.367. The van der Waals surface area contributed by atoms with E-state index in [0.717, 1.165) is 5.57 Å². The molecule has 0 unspecified atom stereocenters. The summed E-state index contributed by atoms with van der Waals surface area (Å²) in [4.78, 5) is 11.7. The van der Waals surface area contributed by atoms with Crippen molar-refractivity contribution in [2.75, 3.05) is 13.2 Å². The van der Waals surface area contributed by atoms with Gasteiger partial charge in [0.1, 0.15) is 6.61 Å². The van der Waals surface area contributed by atoms with E-state index < -0.39 is 58.8 Å². The number of aliphatic hydroxyl groups excluding tert-OH is 4. The molecule has 5 aliphatic rings. The van der Waals surface area contributed by atoms with Gasteiger partial charge < -0.3 is 35.4 Å². The Hall–Kier alpha value is -1.03. The molecule has 6 N–H and O–H groups in total. The SMILES string of the molecule is C[C@]12C[C@@H](O)[C@H]3[C@@H](CC[C@]4(O)C[C@@H](O)C[C@@H](O)[C@]34CO)[C@]1(O)CC[C@@H]2C1=CC(=O)OC1. The maximum atomic E-state index is 12.1. The standard InChI is InChI=1S/C23H34O8/c1-20-9-16(26)19-15(23(20,30)5-3-14(20)12-6-18(28)31-10-12)2-4-21(29)8-13(25)7-17(27)22(19,21)11-24/h6,13-17,19,24-27,29-30H,2-5,7-11H2,1H3/t13-,14+,15+,16+,17+,19+,20+,21-,22+,23+/m0/s1. The molecule has 0 aromatic carbocycles. The van der Waals surface area contributed by atoms with Crippen LogP contribution in [0.2, 0.25) is 0 Å². The maximum absolute atomic E-state index is 12.1. The van der Waals surface area contributed by atoms with E-state index in [0.29, 0.717) is 19.3 Å². The minimum absolute atomic E-state index is 0.0173. The maximum Gasteiger partial charge on any atom is 0.331 e. The topological polar surface area (TPSA) is 148 Å². The Kier molecular flexibility index (Phi) is 4.74. The third-order valence-corrected chi connectivity index (χ3v) is 10.1. The van der Waals surface area contributed by atoms with Gasteiger partial charge >= 0.3 is 5.97 Å². The number of hydrogen-bond acceptors (Lipinski definition) is 8. The highest BCUT2D eigenvalue weighted by Crippen LogP contribution is 2.70. The summed E-state index contributed by atoms with van der Waals surface area (Å²) >= 11 is 0. The highest BCUT2D eigenvalue weighted by Gasteiger charge is 2.75. The molecule has 31 heavy (non-hydrogen) atoms. The van der Waals surface area contributed by atoms with Crippen molar-refractivity contribution >= 4 is 5.97 Å². The van der Waals surface area contributed by atoms with E-state index in [9.17, 15) is 35.4 Å². The number of carbonyl (C=O) groups excluding carboxylic acids is 1. The van der Waals surface area contributed by atoms with Gasteiger partial charge in [-0.05, 0) is 49.5 Å². The molecule has 8 heteroatoms. The Labute approximate surface area is 181 Å². The van der Waals surface area contributed by atoms with Gasteiger partial charge in [-0.25, -0.2) is 4.79 Å². The Balaban J connectivity index is 1.58. The lowest BCUT2D eigenvalue weighted by atomic mass is 9.40. The van der Waals surface area contributed by atoms with Crippen molar-refractivity contribution in [2.45, 2.75) is 81.4 Å². The van der Waals surface area contributed by atoms with Crippen LogP contribution in [0.1, 0.15) is 51.9 Å². The monoisotopic (exact) mass is 438 g/mol. The zero-order valence-electron chi connectivity index (χ0n) is 17.9. The summed E-state index contributed by atoms with van der Waals surface area (Å²) in [6, 6.07) is 0. The van der Waals surface area contributed by atoms with Gasteiger partial charge in [0.15, 0.2) is 0 Å². The van der Waals surface area contributed by atoms with Gasteiger partial charge in [0.05, 0.1) is 41.5 Å². The first-order valence-electron chi connectivity index (χ1n) is 11.5. The summed E-state index contributed by atoms with van der Waals surface area (Å²) in [6.45, 7) is 1.64. The average Bonchev–Trinajstić information content (AvgIpc) is 3.21. The molecule has 0 amide bonds. The fraction of sp³-hybridized carbons (Fsp3) is 0.870. The fourth-order valence-electron chi connectivity index (χ4n) is 8.69. The summed E-state index contributed by atoms with van der Waals surface area (Å²) in [5.41, 5.74) is -3.95. The van der Waals surface area contributed by atoms with Crippen LogP contribution >= 0.6 is 0 Å². The molecule has 4 fully saturated rings. The molecule has 1 aliphatic heterocycles. The molecular weight excluding hydrogens is 404 g/mol. The summed E-state index contributed by atoms with van der Waals surface area (Å²) in [5, 5.41) is 67.0. The van der Waals surface area contributed by atoms with Crippen LogP contribution in [0.3, 0.4) is 0 Å². The van der Waals surface area contributed by atoms with Gasteiger partial charge in [-0.2, -0.15) is 0 Å². The second-order valence-corrected chi connectivity index (χ2v) is 11.0. The number of cyclic esters (lactones) is 1. The molecule has 0 spiro atoms. The lowest BCUT2D eigenvalue weighted by molar-refractivity contribution is -0.317. The second-order valence-electron chi connectivity index (χ2n) is 11.0. The van der Waals surface area contributed by atoms with Crippen molar-refractivity contribution in [1.29, 1.82) is 0 Å². The Morgan fingerprint density at radius 2 is 1.87 bits per heavy atom. The number of aliphatic hydroxyl groups is 6. The van der Waals surface area contributed by atoms with E-state index in [1.807, 2.05) is 6.92 Å². The number of rotatable bonds is 2. The lowest BCUT2D eigenvalue weighted by Crippen LogP contribution is -2.75. The number of ether oxygens (including phenoxy) is 1. The van der Waals surface area contributed by atoms with Crippen molar-refractivity contribution in [3.05, 3.63) is 11.6 Å². The van der Waals surface area contributed by atoms with Crippen LogP contribution in [0.5, 0.6) is 0 Å². The predicted molar refractivity (Wildman–Crippen MR) is 107 cm³/mol. The minimum atomic E-state index is -1.52. The zero-order chi connectivity index (χ0) is 22.4.